The lowest BCUT2D eigenvalue weighted by molar-refractivity contribution is -0.118. The molecule has 0 radical (unpaired) electrons. The summed E-state index contributed by atoms with van der Waals surface area (Å²) in [4.78, 5) is 7.95. The van der Waals surface area contributed by atoms with Gasteiger partial charge >= 0.3 is 6.43 Å². The Hall–Kier alpha value is -3.11. The molecule has 11 heteroatoms. The van der Waals surface area contributed by atoms with Crippen LogP contribution in [0.25, 0.3) is 11.5 Å². The molecule has 2 heterocycles. The summed E-state index contributed by atoms with van der Waals surface area (Å²) in [6.45, 7) is 0. The van der Waals surface area contributed by atoms with Gasteiger partial charge in [-0.2, -0.15) is 8.78 Å². The van der Waals surface area contributed by atoms with Crippen molar-refractivity contribution in [2.45, 2.75) is 30.7 Å². The maximum Gasteiger partial charge on any atom is 0.314 e. The summed E-state index contributed by atoms with van der Waals surface area (Å²) in [7, 11) is 0. The maximum atomic E-state index is 14.2. The average Bonchev–Trinajstić information content (AvgIpc) is 3.11. The van der Waals surface area contributed by atoms with Gasteiger partial charge in [-0.15, -0.1) is 10.2 Å². The van der Waals surface area contributed by atoms with Gasteiger partial charge in [-0.3, -0.25) is 0 Å². The fourth-order valence-corrected chi connectivity index (χ4v) is 3.18. The minimum Gasteiger partial charge on any atom is -0.415 e. The second-order valence-electron chi connectivity index (χ2n) is 6.44. The first-order chi connectivity index (χ1) is 13.3. The van der Waals surface area contributed by atoms with E-state index in [-0.39, 0.29) is 23.0 Å². The normalized spacial score (nSPS) is 17.4. The highest BCUT2D eigenvalue weighted by atomic mass is 19.3. The molecular weight excluding hydrogens is 385 g/mol. The summed E-state index contributed by atoms with van der Waals surface area (Å²) < 4.78 is 71.3. The minimum absolute atomic E-state index is 0.0314. The molecule has 2 aromatic heterocycles. The van der Waals surface area contributed by atoms with Crippen LogP contribution in [0.1, 0.15) is 30.7 Å². The first-order valence-corrected chi connectivity index (χ1v) is 8.13. The van der Waals surface area contributed by atoms with E-state index in [2.05, 4.69) is 25.5 Å². The van der Waals surface area contributed by atoms with E-state index in [0.717, 1.165) is 0 Å². The molecule has 1 N–H and O–H groups in total. The number of nitrogens with zero attached hydrogens (tertiary/aromatic N) is 4. The number of aromatic nitrogens is 4. The summed E-state index contributed by atoms with van der Waals surface area (Å²) in [5.41, 5.74) is -1.10. The maximum absolute atomic E-state index is 14.2. The van der Waals surface area contributed by atoms with Gasteiger partial charge in [0.25, 0.3) is 17.7 Å². The Bertz CT molecular complexity index is 984. The monoisotopic (exact) mass is 397 g/mol. The number of rotatable bonds is 5. The molecular formula is C17H12F5N5O. The zero-order chi connectivity index (χ0) is 19.9. The Balaban J connectivity index is 1.59. The molecule has 0 atom stereocenters. The van der Waals surface area contributed by atoms with Crippen LogP contribution in [-0.2, 0) is 5.54 Å². The van der Waals surface area contributed by atoms with Crippen LogP contribution >= 0.6 is 0 Å². The minimum atomic E-state index is -2.94. The third-order valence-electron chi connectivity index (χ3n) is 4.39. The van der Waals surface area contributed by atoms with E-state index in [4.69, 9.17) is 4.42 Å². The fourth-order valence-electron chi connectivity index (χ4n) is 3.18. The largest absolute Gasteiger partial charge is 0.415 e. The van der Waals surface area contributed by atoms with Gasteiger partial charge in [0, 0.05) is 30.8 Å². The highest BCUT2D eigenvalue weighted by Crippen LogP contribution is 2.53. The quantitative estimate of drug-likeness (QED) is 0.646. The number of halogens is 5. The SMILES string of the molecule is Fc1ccccc1C1(Nc2ncc(-c3nnc(C(F)F)o3)cn2)CC(F)(F)C1. The zero-order valence-electron chi connectivity index (χ0n) is 14.0. The molecule has 0 bridgehead atoms. The van der Waals surface area contributed by atoms with E-state index in [1.54, 1.807) is 6.07 Å². The van der Waals surface area contributed by atoms with Gasteiger partial charge in [0.05, 0.1) is 11.1 Å². The van der Waals surface area contributed by atoms with Crippen LogP contribution in [0.5, 0.6) is 0 Å². The van der Waals surface area contributed by atoms with Crippen LogP contribution in [-0.4, -0.2) is 26.1 Å². The lowest BCUT2D eigenvalue weighted by Crippen LogP contribution is -2.55. The van der Waals surface area contributed by atoms with Gasteiger partial charge in [0.2, 0.25) is 5.95 Å². The topological polar surface area (TPSA) is 76.7 Å². The van der Waals surface area contributed by atoms with Crippen molar-refractivity contribution in [3.63, 3.8) is 0 Å². The van der Waals surface area contributed by atoms with Gasteiger partial charge in [-0.05, 0) is 6.07 Å². The van der Waals surface area contributed by atoms with E-state index in [0.29, 0.717) is 0 Å². The molecule has 1 fully saturated rings. The highest BCUT2D eigenvalue weighted by molar-refractivity contribution is 5.51. The molecule has 1 aliphatic rings. The molecule has 4 rings (SSSR count). The number of nitrogens with one attached hydrogen (secondary N) is 1. The Morgan fingerprint density at radius 2 is 1.71 bits per heavy atom. The molecule has 28 heavy (non-hydrogen) atoms. The smallest absolute Gasteiger partial charge is 0.314 e. The molecule has 0 saturated heterocycles. The number of anilines is 1. The average molecular weight is 397 g/mol. The molecule has 1 aromatic carbocycles. The standard InChI is InChI=1S/C17H12F5N5O/c18-11-4-2-1-3-10(11)16(7-17(21,22)8-16)25-15-23-5-9(6-24-15)13-26-27-14(28-13)12(19)20/h1-6,12H,7-8H2,(H,23,24,25). The predicted molar refractivity (Wildman–Crippen MR) is 86.2 cm³/mol. The lowest BCUT2D eigenvalue weighted by Gasteiger charge is -2.48. The molecule has 3 aromatic rings. The number of benzene rings is 1. The van der Waals surface area contributed by atoms with E-state index in [1.165, 1.54) is 30.6 Å². The summed E-state index contributed by atoms with van der Waals surface area (Å²) in [5.74, 6) is -4.64. The number of alkyl halides is 4. The van der Waals surface area contributed by atoms with E-state index < -0.39 is 42.4 Å². The molecule has 146 valence electrons. The second kappa shape index (κ2) is 6.50. The highest BCUT2D eigenvalue weighted by Gasteiger charge is 2.58. The first kappa shape index (κ1) is 18.3. The van der Waals surface area contributed by atoms with Crippen molar-refractivity contribution in [2.24, 2.45) is 0 Å². The van der Waals surface area contributed by atoms with Crippen molar-refractivity contribution in [1.29, 1.82) is 0 Å². The van der Waals surface area contributed by atoms with Crippen LogP contribution in [0.4, 0.5) is 27.9 Å². The van der Waals surface area contributed by atoms with Crippen molar-refractivity contribution in [3.05, 3.63) is 53.9 Å². The summed E-state index contributed by atoms with van der Waals surface area (Å²) in [6, 6.07) is 5.64. The van der Waals surface area contributed by atoms with Crippen molar-refractivity contribution in [3.8, 4) is 11.5 Å². The van der Waals surface area contributed by atoms with Crippen LogP contribution in [0, 0.1) is 5.82 Å². The Morgan fingerprint density at radius 1 is 1.04 bits per heavy atom. The summed E-state index contributed by atoms with van der Waals surface area (Å²) >= 11 is 0. The Kier molecular flexibility index (Phi) is 4.24. The van der Waals surface area contributed by atoms with Gasteiger partial charge in [-0.25, -0.2) is 23.1 Å². The summed E-state index contributed by atoms with van der Waals surface area (Å²) in [6.07, 6.45) is -1.72. The first-order valence-electron chi connectivity index (χ1n) is 8.13. The van der Waals surface area contributed by atoms with Crippen LogP contribution in [0.15, 0.2) is 41.1 Å². The fraction of sp³-hybridized carbons (Fsp3) is 0.294. The van der Waals surface area contributed by atoms with Crippen LogP contribution in [0.3, 0.4) is 0 Å². The van der Waals surface area contributed by atoms with Gasteiger partial charge in [0.15, 0.2) is 0 Å². The molecule has 1 aliphatic carbocycles. The molecule has 0 unspecified atom stereocenters. The van der Waals surface area contributed by atoms with Crippen LogP contribution < -0.4 is 5.32 Å². The van der Waals surface area contributed by atoms with E-state index >= 15 is 0 Å². The molecule has 1 saturated carbocycles. The third-order valence-corrected chi connectivity index (χ3v) is 4.39. The van der Waals surface area contributed by atoms with E-state index in [9.17, 15) is 22.0 Å². The van der Waals surface area contributed by atoms with Gasteiger partial charge in [-0.1, -0.05) is 18.2 Å². The Labute approximate surface area is 154 Å². The molecule has 0 aliphatic heterocycles. The van der Waals surface area contributed by atoms with Crippen molar-refractivity contribution in [2.75, 3.05) is 5.32 Å². The van der Waals surface area contributed by atoms with Gasteiger partial charge < -0.3 is 9.73 Å². The zero-order valence-corrected chi connectivity index (χ0v) is 14.0. The number of hydrogen-bond acceptors (Lipinski definition) is 6. The molecule has 0 amide bonds. The molecule has 0 spiro atoms. The molecule has 6 nitrogen and oxygen atoms in total. The third kappa shape index (κ3) is 3.27. The van der Waals surface area contributed by atoms with Crippen molar-refractivity contribution < 1.29 is 26.4 Å². The van der Waals surface area contributed by atoms with Crippen LogP contribution in [0.2, 0.25) is 0 Å². The van der Waals surface area contributed by atoms with E-state index in [1.807, 2.05) is 0 Å². The summed E-state index contributed by atoms with van der Waals surface area (Å²) in [5, 5.41) is 9.45. The second-order valence-corrected chi connectivity index (χ2v) is 6.44. The predicted octanol–water partition coefficient (Wildman–Crippen LogP) is 4.34. The number of hydrogen-bond donors (Lipinski definition) is 1. The Morgan fingerprint density at radius 3 is 2.29 bits per heavy atom. The van der Waals surface area contributed by atoms with Gasteiger partial charge in [0.1, 0.15) is 5.82 Å². The lowest BCUT2D eigenvalue weighted by atomic mass is 9.69. The van der Waals surface area contributed by atoms with Crippen molar-refractivity contribution >= 4 is 5.95 Å². The van der Waals surface area contributed by atoms with Crippen molar-refractivity contribution in [1.82, 2.24) is 20.2 Å².